The van der Waals surface area contributed by atoms with Crippen LogP contribution in [0.3, 0.4) is 0 Å². The molecule has 3 heteroatoms. The van der Waals surface area contributed by atoms with E-state index in [4.69, 9.17) is 0 Å². The highest BCUT2D eigenvalue weighted by Crippen LogP contribution is 2.20. The topological polar surface area (TPSA) is 32.3 Å². The minimum atomic E-state index is 0.0381. The van der Waals surface area contributed by atoms with E-state index in [0.717, 1.165) is 25.9 Å². The molecule has 1 aliphatic heterocycles. The van der Waals surface area contributed by atoms with Crippen LogP contribution in [0.5, 0.6) is 0 Å². The lowest BCUT2D eigenvalue weighted by Crippen LogP contribution is -2.53. The van der Waals surface area contributed by atoms with Crippen LogP contribution in [0.15, 0.2) is 0 Å². The first-order valence-electron chi connectivity index (χ1n) is 6.34. The van der Waals surface area contributed by atoms with Crippen molar-refractivity contribution in [1.29, 1.82) is 0 Å². The van der Waals surface area contributed by atoms with Crippen molar-refractivity contribution >= 4 is 5.91 Å². The molecular weight excluding hydrogens is 200 g/mol. The molecule has 1 N–H and O–H groups in total. The number of hydrogen-bond donors (Lipinski definition) is 1. The summed E-state index contributed by atoms with van der Waals surface area (Å²) in [5.74, 6) is 0.287. The molecule has 1 saturated heterocycles. The first-order valence-corrected chi connectivity index (χ1v) is 6.34. The monoisotopic (exact) mass is 226 g/mol. The van der Waals surface area contributed by atoms with Crippen molar-refractivity contribution in [2.24, 2.45) is 5.41 Å². The van der Waals surface area contributed by atoms with Gasteiger partial charge in [-0.3, -0.25) is 4.79 Å². The fourth-order valence-corrected chi connectivity index (χ4v) is 2.23. The molecule has 0 saturated carbocycles. The van der Waals surface area contributed by atoms with Crippen LogP contribution < -0.4 is 5.32 Å². The maximum absolute atomic E-state index is 12.2. The molecule has 0 radical (unpaired) electrons. The highest BCUT2D eigenvalue weighted by atomic mass is 16.2. The molecule has 1 aliphatic rings. The van der Waals surface area contributed by atoms with Gasteiger partial charge in [-0.1, -0.05) is 34.6 Å². The molecule has 0 bridgehead atoms. The van der Waals surface area contributed by atoms with E-state index in [2.05, 4.69) is 39.9 Å². The Labute approximate surface area is 99.6 Å². The number of piperidine rings is 1. The molecule has 1 atom stereocenters. The molecule has 0 aliphatic carbocycles. The average molecular weight is 226 g/mol. The molecule has 0 aromatic rings. The van der Waals surface area contributed by atoms with E-state index in [1.807, 2.05) is 4.90 Å². The third-order valence-corrected chi connectivity index (χ3v) is 2.73. The Bertz CT molecular complexity index is 243. The van der Waals surface area contributed by atoms with E-state index in [1.54, 1.807) is 0 Å². The SMILES string of the molecule is CC(C)NC1CCCN(CC(C)(C)C)C1=O. The summed E-state index contributed by atoms with van der Waals surface area (Å²) in [6.07, 6.45) is 2.10. The molecule has 0 spiro atoms. The summed E-state index contributed by atoms with van der Waals surface area (Å²) < 4.78 is 0. The Kier molecular flexibility index (Phi) is 4.36. The Morgan fingerprint density at radius 2 is 2.06 bits per heavy atom. The lowest BCUT2D eigenvalue weighted by molar-refractivity contribution is -0.137. The average Bonchev–Trinajstić information content (AvgIpc) is 2.09. The van der Waals surface area contributed by atoms with Gasteiger partial charge in [-0.05, 0) is 18.3 Å². The van der Waals surface area contributed by atoms with Crippen LogP contribution in [0, 0.1) is 5.41 Å². The number of rotatable bonds is 3. The van der Waals surface area contributed by atoms with Gasteiger partial charge in [-0.25, -0.2) is 0 Å². The fraction of sp³-hybridized carbons (Fsp3) is 0.923. The summed E-state index contributed by atoms with van der Waals surface area (Å²) in [4.78, 5) is 14.2. The molecule has 1 unspecified atom stereocenters. The number of hydrogen-bond acceptors (Lipinski definition) is 2. The molecule has 0 aromatic carbocycles. The van der Waals surface area contributed by atoms with Crippen LogP contribution in [0.1, 0.15) is 47.5 Å². The second-order valence-corrected chi connectivity index (χ2v) is 6.34. The molecule has 3 nitrogen and oxygen atoms in total. The van der Waals surface area contributed by atoms with Crippen molar-refractivity contribution in [2.75, 3.05) is 13.1 Å². The van der Waals surface area contributed by atoms with Crippen LogP contribution in [0.25, 0.3) is 0 Å². The molecular formula is C13H26N2O. The Morgan fingerprint density at radius 1 is 1.44 bits per heavy atom. The zero-order chi connectivity index (χ0) is 12.3. The maximum Gasteiger partial charge on any atom is 0.239 e. The maximum atomic E-state index is 12.2. The van der Waals surface area contributed by atoms with E-state index in [0.29, 0.717) is 6.04 Å². The highest BCUT2D eigenvalue weighted by Gasteiger charge is 2.30. The number of nitrogens with zero attached hydrogens (tertiary/aromatic N) is 1. The second kappa shape index (κ2) is 5.17. The Morgan fingerprint density at radius 3 is 2.56 bits per heavy atom. The Balaban J connectivity index is 2.57. The molecule has 1 heterocycles. The predicted molar refractivity (Wildman–Crippen MR) is 67.3 cm³/mol. The first-order chi connectivity index (χ1) is 7.29. The van der Waals surface area contributed by atoms with Crippen molar-refractivity contribution in [3.05, 3.63) is 0 Å². The minimum Gasteiger partial charge on any atom is -0.341 e. The van der Waals surface area contributed by atoms with Gasteiger partial charge in [0, 0.05) is 19.1 Å². The largest absolute Gasteiger partial charge is 0.341 e. The Hall–Kier alpha value is -0.570. The van der Waals surface area contributed by atoms with Gasteiger partial charge in [-0.15, -0.1) is 0 Å². The molecule has 94 valence electrons. The minimum absolute atomic E-state index is 0.0381. The number of carbonyl (C=O) groups excluding carboxylic acids is 1. The van der Waals surface area contributed by atoms with E-state index in [9.17, 15) is 4.79 Å². The number of nitrogens with one attached hydrogen (secondary N) is 1. The fourth-order valence-electron chi connectivity index (χ4n) is 2.23. The van der Waals surface area contributed by atoms with Crippen LogP contribution in [-0.2, 0) is 4.79 Å². The van der Waals surface area contributed by atoms with Gasteiger partial charge in [0.1, 0.15) is 0 Å². The van der Waals surface area contributed by atoms with Crippen LogP contribution >= 0.6 is 0 Å². The van der Waals surface area contributed by atoms with Gasteiger partial charge in [0.05, 0.1) is 6.04 Å². The van der Waals surface area contributed by atoms with E-state index < -0.39 is 0 Å². The highest BCUT2D eigenvalue weighted by molar-refractivity contribution is 5.82. The molecule has 1 fully saturated rings. The standard InChI is InChI=1S/C13H26N2O/c1-10(2)14-11-7-6-8-15(12(11)16)9-13(3,4)5/h10-11,14H,6-9H2,1-5H3. The van der Waals surface area contributed by atoms with Gasteiger partial charge in [0.15, 0.2) is 0 Å². The van der Waals surface area contributed by atoms with Crippen molar-refractivity contribution in [3.63, 3.8) is 0 Å². The lowest BCUT2D eigenvalue weighted by atomic mass is 9.94. The summed E-state index contributed by atoms with van der Waals surface area (Å²) in [7, 11) is 0. The summed E-state index contributed by atoms with van der Waals surface area (Å²) in [5.41, 5.74) is 0.190. The van der Waals surface area contributed by atoms with Crippen molar-refractivity contribution < 1.29 is 4.79 Å². The van der Waals surface area contributed by atoms with E-state index in [-0.39, 0.29) is 17.4 Å². The molecule has 1 amide bonds. The van der Waals surface area contributed by atoms with Crippen LogP contribution in [-0.4, -0.2) is 36.0 Å². The summed E-state index contributed by atoms with van der Waals surface area (Å²) >= 11 is 0. The van der Waals surface area contributed by atoms with Gasteiger partial charge in [0.2, 0.25) is 5.91 Å². The predicted octanol–water partition coefficient (Wildman–Crippen LogP) is 2.02. The van der Waals surface area contributed by atoms with Crippen LogP contribution in [0.2, 0.25) is 0 Å². The zero-order valence-electron chi connectivity index (χ0n) is 11.3. The molecule has 0 aromatic heterocycles. The smallest absolute Gasteiger partial charge is 0.239 e. The third-order valence-electron chi connectivity index (χ3n) is 2.73. The summed E-state index contributed by atoms with van der Waals surface area (Å²) in [5, 5.41) is 3.36. The summed E-state index contributed by atoms with van der Waals surface area (Å²) in [6.45, 7) is 12.5. The van der Waals surface area contributed by atoms with Crippen LogP contribution in [0.4, 0.5) is 0 Å². The lowest BCUT2D eigenvalue weighted by Gasteiger charge is -2.37. The molecule has 16 heavy (non-hydrogen) atoms. The number of likely N-dealkylation sites (tertiary alicyclic amines) is 1. The van der Waals surface area contributed by atoms with Gasteiger partial charge < -0.3 is 10.2 Å². The van der Waals surface area contributed by atoms with E-state index >= 15 is 0 Å². The van der Waals surface area contributed by atoms with E-state index in [1.165, 1.54) is 0 Å². The van der Waals surface area contributed by atoms with Gasteiger partial charge in [-0.2, -0.15) is 0 Å². The quantitative estimate of drug-likeness (QED) is 0.798. The van der Waals surface area contributed by atoms with Crippen molar-refractivity contribution in [3.8, 4) is 0 Å². The second-order valence-electron chi connectivity index (χ2n) is 6.34. The van der Waals surface area contributed by atoms with Crippen molar-refractivity contribution in [2.45, 2.75) is 59.5 Å². The first kappa shape index (κ1) is 13.5. The number of amides is 1. The molecule has 1 rings (SSSR count). The normalized spacial score (nSPS) is 23.0. The third kappa shape index (κ3) is 4.12. The van der Waals surface area contributed by atoms with Gasteiger partial charge in [0.25, 0.3) is 0 Å². The van der Waals surface area contributed by atoms with Crippen molar-refractivity contribution in [1.82, 2.24) is 10.2 Å². The van der Waals surface area contributed by atoms with Gasteiger partial charge >= 0.3 is 0 Å². The zero-order valence-corrected chi connectivity index (χ0v) is 11.3. The number of carbonyl (C=O) groups is 1. The summed E-state index contributed by atoms with van der Waals surface area (Å²) in [6, 6.07) is 0.416.